The van der Waals surface area contributed by atoms with Gasteiger partial charge >= 0.3 is 0 Å². The number of hydrogen-bond acceptors (Lipinski definition) is 2. The normalized spacial score (nSPS) is 28.2. The maximum absolute atomic E-state index is 11.1. The molecule has 0 radical (unpaired) electrons. The summed E-state index contributed by atoms with van der Waals surface area (Å²) in [6.45, 7) is 5.29. The summed E-state index contributed by atoms with van der Waals surface area (Å²) in [5.74, 6) is -0.0424. The van der Waals surface area contributed by atoms with E-state index in [2.05, 4.69) is 5.32 Å². The van der Waals surface area contributed by atoms with Crippen molar-refractivity contribution < 1.29 is 9.53 Å². The number of carbonyl (C=O) groups is 1. The second-order valence-electron chi connectivity index (χ2n) is 3.62. The number of rotatable bonds is 3. The first-order valence-electron chi connectivity index (χ1n) is 4.71. The molecular weight excluding hydrogens is 166 g/mol. The van der Waals surface area contributed by atoms with Crippen molar-refractivity contribution in [1.82, 2.24) is 5.32 Å². The van der Waals surface area contributed by atoms with Crippen LogP contribution in [0.1, 0.15) is 26.7 Å². The minimum atomic E-state index is -0.142. The first-order valence-corrected chi connectivity index (χ1v) is 4.71. The van der Waals surface area contributed by atoms with Gasteiger partial charge in [0.05, 0.1) is 5.60 Å². The van der Waals surface area contributed by atoms with Crippen molar-refractivity contribution >= 4 is 5.91 Å². The fourth-order valence-electron chi connectivity index (χ4n) is 1.46. The maximum atomic E-state index is 11.1. The first-order chi connectivity index (χ1) is 6.16. The number of ether oxygens (including phenoxy) is 1. The van der Waals surface area contributed by atoms with Gasteiger partial charge in [0.15, 0.2) is 0 Å². The van der Waals surface area contributed by atoms with Gasteiger partial charge in [-0.3, -0.25) is 4.79 Å². The summed E-state index contributed by atoms with van der Waals surface area (Å²) in [4.78, 5) is 11.1. The van der Waals surface area contributed by atoms with E-state index in [0.717, 1.165) is 19.4 Å². The Morgan fingerprint density at radius 1 is 1.69 bits per heavy atom. The third-order valence-electron chi connectivity index (χ3n) is 2.26. The lowest BCUT2D eigenvalue weighted by atomic mass is 10.0. The molecule has 3 heteroatoms. The summed E-state index contributed by atoms with van der Waals surface area (Å²) < 4.78 is 5.53. The molecule has 1 rings (SSSR count). The van der Waals surface area contributed by atoms with Crippen molar-refractivity contribution in [3.05, 3.63) is 12.2 Å². The molecule has 13 heavy (non-hydrogen) atoms. The molecule has 1 atom stereocenters. The second-order valence-corrected chi connectivity index (χ2v) is 3.62. The van der Waals surface area contributed by atoms with Gasteiger partial charge in [-0.05, 0) is 32.8 Å². The number of hydrogen-bond donors (Lipinski definition) is 1. The number of amides is 1. The van der Waals surface area contributed by atoms with E-state index in [-0.39, 0.29) is 11.5 Å². The molecule has 0 spiro atoms. The Hall–Kier alpha value is -0.830. The molecule has 0 saturated carbocycles. The highest BCUT2D eigenvalue weighted by molar-refractivity contribution is 5.87. The first kappa shape index (κ1) is 10.3. The van der Waals surface area contributed by atoms with Crippen LogP contribution in [0.25, 0.3) is 0 Å². The Bertz CT molecular complexity index is 205. The minimum Gasteiger partial charge on any atom is -0.373 e. The van der Waals surface area contributed by atoms with Crippen LogP contribution in [-0.2, 0) is 9.53 Å². The molecular formula is C10H17NO2. The number of nitrogens with one attached hydrogen (secondary N) is 1. The van der Waals surface area contributed by atoms with Crippen LogP contribution in [0.15, 0.2) is 12.2 Å². The monoisotopic (exact) mass is 183 g/mol. The Labute approximate surface area is 79.2 Å². The van der Waals surface area contributed by atoms with E-state index in [1.807, 2.05) is 13.8 Å². The third kappa shape index (κ3) is 3.19. The van der Waals surface area contributed by atoms with Gasteiger partial charge in [0.25, 0.3) is 0 Å². The molecule has 1 aliphatic rings. The van der Waals surface area contributed by atoms with Crippen molar-refractivity contribution in [2.45, 2.75) is 32.3 Å². The summed E-state index contributed by atoms with van der Waals surface area (Å²) in [5.41, 5.74) is -0.142. The van der Waals surface area contributed by atoms with Gasteiger partial charge in [0.2, 0.25) is 5.91 Å². The van der Waals surface area contributed by atoms with Gasteiger partial charge in [0.1, 0.15) is 0 Å². The van der Waals surface area contributed by atoms with Crippen molar-refractivity contribution in [2.75, 3.05) is 13.2 Å². The molecule has 0 bridgehead atoms. The molecule has 74 valence electrons. The van der Waals surface area contributed by atoms with Crippen LogP contribution in [0.5, 0.6) is 0 Å². The molecule has 0 aromatic heterocycles. The molecule has 1 heterocycles. The van der Waals surface area contributed by atoms with Crippen LogP contribution in [0.3, 0.4) is 0 Å². The van der Waals surface area contributed by atoms with Gasteiger partial charge in [-0.1, -0.05) is 6.08 Å². The molecule has 1 amide bonds. The predicted octanol–water partition coefficient (Wildman–Crippen LogP) is 1.25. The smallest absolute Gasteiger partial charge is 0.243 e. The van der Waals surface area contributed by atoms with E-state index < -0.39 is 0 Å². The summed E-state index contributed by atoms with van der Waals surface area (Å²) in [6, 6.07) is 0. The third-order valence-corrected chi connectivity index (χ3v) is 2.26. The van der Waals surface area contributed by atoms with Gasteiger partial charge < -0.3 is 10.1 Å². The fraction of sp³-hybridized carbons (Fsp3) is 0.700. The van der Waals surface area contributed by atoms with Gasteiger partial charge in [-0.2, -0.15) is 0 Å². The van der Waals surface area contributed by atoms with Crippen molar-refractivity contribution in [2.24, 2.45) is 0 Å². The lowest BCUT2D eigenvalue weighted by Gasteiger charge is -2.22. The molecule has 1 aliphatic heterocycles. The van der Waals surface area contributed by atoms with Crippen LogP contribution in [0, 0.1) is 0 Å². The molecule has 1 N–H and O–H groups in total. The number of carbonyl (C=O) groups excluding carboxylic acids is 1. The average Bonchev–Trinajstić information content (AvgIpc) is 2.51. The zero-order valence-corrected chi connectivity index (χ0v) is 8.30. The van der Waals surface area contributed by atoms with Gasteiger partial charge in [-0.15, -0.1) is 0 Å². The highest BCUT2D eigenvalue weighted by Gasteiger charge is 2.29. The van der Waals surface area contributed by atoms with E-state index in [9.17, 15) is 4.79 Å². The van der Waals surface area contributed by atoms with Crippen LogP contribution >= 0.6 is 0 Å². The molecule has 1 saturated heterocycles. The highest BCUT2D eigenvalue weighted by Crippen LogP contribution is 2.23. The summed E-state index contributed by atoms with van der Waals surface area (Å²) in [5, 5.41) is 2.82. The molecule has 0 aliphatic carbocycles. The molecule has 3 nitrogen and oxygen atoms in total. The average molecular weight is 183 g/mol. The van der Waals surface area contributed by atoms with E-state index in [1.54, 1.807) is 6.08 Å². The topological polar surface area (TPSA) is 38.3 Å². The van der Waals surface area contributed by atoms with Crippen molar-refractivity contribution in [1.29, 1.82) is 0 Å². The Kier molecular flexibility index (Phi) is 3.48. The van der Waals surface area contributed by atoms with E-state index in [0.29, 0.717) is 6.54 Å². The SMILES string of the molecule is CC=CC(=O)NCC1(C)CCCO1. The standard InChI is InChI=1S/C10H17NO2/c1-3-5-9(12)11-8-10(2)6-4-7-13-10/h3,5H,4,6-8H2,1-2H3,(H,11,12). The van der Waals surface area contributed by atoms with Crippen LogP contribution < -0.4 is 5.32 Å². The zero-order valence-electron chi connectivity index (χ0n) is 8.30. The summed E-state index contributed by atoms with van der Waals surface area (Å²) in [6.07, 6.45) is 5.38. The Morgan fingerprint density at radius 3 is 3.00 bits per heavy atom. The van der Waals surface area contributed by atoms with Gasteiger partial charge in [0, 0.05) is 13.2 Å². The zero-order chi connectivity index (χ0) is 9.73. The Balaban J connectivity index is 2.28. The van der Waals surface area contributed by atoms with E-state index in [4.69, 9.17) is 4.74 Å². The number of allylic oxidation sites excluding steroid dienone is 1. The molecule has 0 aromatic carbocycles. The van der Waals surface area contributed by atoms with Crippen LogP contribution in [0.2, 0.25) is 0 Å². The molecule has 0 aromatic rings. The molecule has 1 unspecified atom stereocenters. The molecule has 1 fully saturated rings. The largest absolute Gasteiger partial charge is 0.373 e. The minimum absolute atomic E-state index is 0.0424. The predicted molar refractivity (Wildman–Crippen MR) is 51.4 cm³/mol. The Morgan fingerprint density at radius 2 is 2.46 bits per heavy atom. The highest BCUT2D eigenvalue weighted by atomic mass is 16.5. The second kappa shape index (κ2) is 4.42. The van der Waals surface area contributed by atoms with Crippen LogP contribution in [0.4, 0.5) is 0 Å². The van der Waals surface area contributed by atoms with E-state index in [1.165, 1.54) is 6.08 Å². The lowest BCUT2D eigenvalue weighted by molar-refractivity contribution is -0.117. The fourth-order valence-corrected chi connectivity index (χ4v) is 1.46. The van der Waals surface area contributed by atoms with Crippen molar-refractivity contribution in [3.8, 4) is 0 Å². The van der Waals surface area contributed by atoms with E-state index >= 15 is 0 Å². The van der Waals surface area contributed by atoms with Crippen molar-refractivity contribution in [3.63, 3.8) is 0 Å². The summed E-state index contributed by atoms with van der Waals surface area (Å²) in [7, 11) is 0. The quantitative estimate of drug-likeness (QED) is 0.669. The summed E-state index contributed by atoms with van der Waals surface area (Å²) >= 11 is 0. The lowest BCUT2D eigenvalue weighted by Crippen LogP contribution is -2.39. The van der Waals surface area contributed by atoms with Crippen LogP contribution in [-0.4, -0.2) is 24.7 Å². The maximum Gasteiger partial charge on any atom is 0.243 e. The van der Waals surface area contributed by atoms with Gasteiger partial charge in [-0.25, -0.2) is 0 Å².